The molecule has 0 spiro atoms. The van der Waals surface area contributed by atoms with Crippen LogP contribution < -0.4 is 5.32 Å². The molecule has 0 bridgehead atoms. The van der Waals surface area contributed by atoms with E-state index in [1.165, 1.54) is 0 Å². The first-order chi connectivity index (χ1) is 8.89. The number of halogens is 5. The summed E-state index contributed by atoms with van der Waals surface area (Å²) < 4.78 is 39.0. The normalized spacial score (nSPS) is 24.3. The van der Waals surface area contributed by atoms with Crippen LogP contribution in [-0.2, 0) is 0 Å². The molecule has 0 amide bonds. The molecule has 1 N–H and O–H groups in total. The van der Waals surface area contributed by atoms with Crippen LogP contribution in [0.4, 0.5) is 18.9 Å². The zero-order valence-electron chi connectivity index (χ0n) is 10.1. The van der Waals surface area contributed by atoms with Crippen LogP contribution in [0.5, 0.6) is 0 Å². The smallest absolute Gasteiger partial charge is 0.379 e. The molecule has 0 aromatic heterocycles. The van der Waals surface area contributed by atoms with Crippen molar-refractivity contribution in [3.8, 4) is 0 Å². The molecule has 1 nitrogen and oxygen atoms in total. The first kappa shape index (κ1) is 14.8. The lowest BCUT2D eigenvalue weighted by atomic mass is 9.84. The summed E-state index contributed by atoms with van der Waals surface area (Å²) in [5.74, 6) is -1.34. The average molecular weight is 312 g/mol. The van der Waals surface area contributed by atoms with Crippen LogP contribution in [0.25, 0.3) is 0 Å². The number of benzene rings is 1. The predicted octanol–water partition coefficient (Wildman–Crippen LogP) is 5.53. The summed E-state index contributed by atoms with van der Waals surface area (Å²) in [6.07, 6.45) is -2.16. The molecule has 0 aliphatic heterocycles. The zero-order chi connectivity index (χ0) is 14.0. The van der Waals surface area contributed by atoms with Crippen LogP contribution in [0.1, 0.15) is 25.7 Å². The van der Waals surface area contributed by atoms with E-state index in [0.29, 0.717) is 28.6 Å². The van der Waals surface area contributed by atoms with Gasteiger partial charge in [-0.15, -0.1) is 0 Å². The van der Waals surface area contributed by atoms with Gasteiger partial charge in [0.1, 0.15) is 0 Å². The van der Waals surface area contributed by atoms with Gasteiger partial charge in [-0.2, -0.15) is 13.2 Å². The van der Waals surface area contributed by atoms with Gasteiger partial charge in [-0.3, -0.25) is 0 Å². The summed E-state index contributed by atoms with van der Waals surface area (Å²) in [5.41, 5.74) is 0.395. The highest BCUT2D eigenvalue weighted by Crippen LogP contribution is 2.40. The van der Waals surface area contributed by atoms with Crippen molar-refractivity contribution in [1.29, 1.82) is 0 Å². The van der Waals surface area contributed by atoms with Gasteiger partial charge in [0.05, 0.1) is 21.7 Å². The van der Waals surface area contributed by atoms with Gasteiger partial charge < -0.3 is 5.32 Å². The highest BCUT2D eigenvalue weighted by molar-refractivity contribution is 6.39. The molecular weight excluding hydrogens is 298 g/mol. The highest BCUT2D eigenvalue weighted by Gasteiger charge is 2.45. The maximum atomic E-state index is 13.0. The summed E-state index contributed by atoms with van der Waals surface area (Å²) in [4.78, 5) is 0. The number of para-hydroxylation sites is 1. The van der Waals surface area contributed by atoms with Crippen molar-refractivity contribution in [1.82, 2.24) is 0 Å². The lowest BCUT2D eigenvalue weighted by Gasteiger charge is -2.34. The first-order valence-electron chi connectivity index (χ1n) is 6.17. The number of alkyl halides is 3. The third kappa shape index (κ3) is 3.48. The molecule has 1 fully saturated rings. The lowest BCUT2D eigenvalue weighted by Crippen LogP contribution is -2.41. The SMILES string of the molecule is FC(F)(F)C1CCCCC1Nc1c(Cl)cccc1Cl. The molecule has 1 aliphatic carbocycles. The fourth-order valence-corrected chi connectivity index (χ4v) is 3.02. The third-order valence-corrected chi connectivity index (χ3v) is 4.11. The van der Waals surface area contributed by atoms with E-state index < -0.39 is 18.1 Å². The van der Waals surface area contributed by atoms with E-state index in [9.17, 15) is 13.2 Å². The molecule has 1 saturated carbocycles. The second kappa shape index (κ2) is 5.80. The van der Waals surface area contributed by atoms with Crippen LogP contribution in [-0.4, -0.2) is 12.2 Å². The van der Waals surface area contributed by atoms with Gasteiger partial charge >= 0.3 is 6.18 Å². The van der Waals surface area contributed by atoms with Crippen LogP contribution in [0.2, 0.25) is 10.0 Å². The Morgan fingerprint density at radius 1 is 1.05 bits per heavy atom. The van der Waals surface area contributed by atoms with Gasteiger partial charge in [0, 0.05) is 6.04 Å². The molecule has 6 heteroatoms. The molecule has 0 saturated heterocycles. The molecule has 1 aliphatic rings. The van der Waals surface area contributed by atoms with E-state index in [2.05, 4.69) is 5.32 Å². The average Bonchev–Trinajstić information content (AvgIpc) is 2.33. The molecule has 1 aromatic rings. The maximum absolute atomic E-state index is 13.0. The molecule has 0 radical (unpaired) electrons. The van der Waals surface area contributed by atoms with Gasteiger partial charge in [0.2, 0.25) is 0 Å². The second-order valence-corrected chi connectivity index (χ2v) is 5.59. The van der Waals surface area contributed by atoms with Gasteiger partial charge in [0.15, 0.2) is 0 Å². The van der Waals surface area contributed by atoms with Gasteiger partial charge in [-0.05, 0) is 25.0 Å². The Morgan fingerprint density at radius 3 is 2.21 bits per heavy atom. The van der Waals surface area contributed by atoms with E-state index in [0.717, 1.165) is 6.42 Å². The lowest BCUT2D eigenvalue weighted by molar-refractivity contribution is -0.184. The summed E-state index contributed by atoms with van der Waals surface area (Å²) >= 11 is 12.0. The van der Waals surface area contributed by atoms with Gasteiger partial charge in [-0.1, -0.05) is 42.1 Å². The van der Waals surface area contributed by atoms with Gasteiger partial charge in [0.25, 0.3) is 0 Å². The van der Waals surface area contributed by atoms with E-state index in [1.54, 1.807) is 18.2 Å². The highest BCUT2D eigenvalue weighted by atomic mass is 35.5. The van der Waals surface area contributed by atoms with Crippen molar-refractivity contribution < 1.29 is 13.2 Å². The zero-order valence-corrected chi connectivity index (χ0v) is 11.6. The third-order valence-electron chi connectivity index (χ3n) is 3.48. The Kier molecular flexibility index (Phi) is 4.51. The summed E-state index contributed by atoms with van der Waals surface area (Å²) in [7, 11) is 0. The molecule has 2 rings (SSSR count). The standard InChI is InChI=1S/C13H14Cl2F3N/c14-9-5-3-6-10(15)12(9)19-11-7-2-1-4-8(11)13(16,17)18/h3,5-6,8,11,19H,1-2,4,7H2. The second-order valence-electron chi connectivity index (χ2n) is 4.78. The minimum Gasteiger partial charge on any atom is -0.379 e. The minimum absolute atomic E-state index is 0.156. The fraction of sp³-hybridized carbons (Fsp3) is 0.538. The molecule has 106 valence electrons. The van der Waals surface area contributed by atoms with Crippen molar-refractivity contribution in [3.05, 3.63) is 28.2 Å². The number of anilines is 1. The van der Waals surface area contributed by atoms with Crippen molar-refractivity contribution >= 4 is 28.9 Å². The molecule has 0 heterocycles. The topological polar surface area (TPSA) is 12.0 Å². The van der Waals surface area contributed by atoms with Crippen LogP contribution >= 0.6 is 23.2 Å². The molecule has 1 aromatic carbocycles. The molecule has 2 unspecified atom stereocenters. The van der Waals surface area contributed by atoms with E-state index >= 15 is 0 Å². The molecular formula is C13H14Cl2F3N. The van der Waals surface area contributed by atoms with E-state index in [4.69, 9.17) is 23.2 Å². The number of nitrogens with one attached hydrogen (secondary N) is 1. The largest absolute Gasteiger partial charge is 0.393 e. The van der Waals surface area contributed by atoms with Crippen molar-refractivity contribution in [2.45, 2.75) is 37.9 Å². The van der Waals surface area contributed by atoms with Crippen LogP contribution in [0.3, 0.4) is 0 Å². The Labute approximate surface area is 120 Å². The number of hydrogen-bond donors (Lipinski definition) is 1. The summed E-state index contributed by atoms with van der Waals surface area (Å²) in [5, 5.41) is 3.58. The first-order valence-corrected chi connectivity index (χ1v) is 6.92. The fourth-order valence-electron chi connectivity index (χ4n) is 2.52. The van der Waals surface area contributed by atoms with Gasteiger partial charge in [-0.25, -0.2) is 0 Å². The number of rotatable bonds is 2. The molecule has 2 atom stereocenters. The Bertz CT molecular complexity index is 428. The maximum Gasteiger partial charge on any atom is 0.393 e. The minimum atomic E-state index is -4.19. The monoisotopic (exact) mass is 311 g/mol. The number of hydrogen-bond acceptors (Lipinski definition) is 1. The van der Waals surface area contributed by atoms with Crippen molar-refractivity contribution in [2.24, 2.45) is 5.92 Å². The molecule has 19 heavy (non-hydrogen) atoms. The Morgan fingerprint density at radius 2 is 1.63 bits per heavy atom. The Hall–Kier alpha value is -0.610. The van der Waals surface area contributed by atoms with Crippen LogP contribution in [0.15, 0.2) is 18.2 Å². The summed E-state index contributed by atoms with van der Waals surface area (Å²) in [6.45, 7) is 0. The van der Waals surface area contributed by atoms with Crippen molar-refractivity contribution in [2.75, 3.05) is 5.32 Å². The van der Waals surface area contributed by atoms with Crippen LogP contribution in [0, 0.1) is 5.92 Å². The Balaban J connectivity index is 2.20. The van der Waals surface area contributed by atoms with E-state index in [-0.39, 0.29) is 6.42 Å². The quantitative estimate of drug-likeness (QED) is 0.757. The van der Waals surface area contributed by atoms with Crippen molar-refractivity contribution in [3.63, 3.8) is 0 Å². The predicted molar refractivity (Wildman–Crippen MR) is 71.9 cm³/mol. The summed E-state index contributed by atoms with van der Waals surface area (Å²) in [6, 6.07) is 4.23. The van der Waals surface area contributed by atoms with E-state index in [1.807, 2.05) is 0 Å².